The number of carbonyl (C=O) groups is 2. The minimum Gasteiger partial charge on any atom is -0.472 e. The summed E-state index contributed by atoms with van der Waals surface area (Å²) in [6, 6.07) is 1.36. The lowest BCUT2D eigenvalue weighted by atomic mass is 10.1. The molecule has 1 fully saturated rings. The van der Waals surface area contributed by atoms with E-state index in [9.17, 15) is 9.59 Å². The van der Waals surface area contributed by atoms with Crippen molar-refractivity contribution < 1.29 is 14.0 Å². The third-order valence-electron chi connectivity index (χ3n) is 3.87. The summed E-state index contributed by atoms with van der Waals surface area (Å²) in [7, 11) is 0. The Hall–Kier alpha value is -2.68. The van der Waals surface area contributed by atoms with Gasteiger partial charge in [-0.15, -0.1) is 0 Å². The van der Waals surface area contributed by atoms with E-state index in [-0.39, 0.29) is 24.8 Å². The number of aryl methyl sites for hydroxylation is 1. The number of aromatic nitrogens is 3. The maximum absolute atomic E-state index is 12.2. The second-order valence-corrected chi connectivity index (χ2v) is 5.73. The van der Waals surface area contributed by atoms with Crippen molar-refractivity contribution in [2.75, 3.05) is 13.1 Å². The van der Waals surface area contributed by atoms with Gasteiger partial charge in [-0.3, -0.25) is 19.6 Å². The van der Waals surface area contributed by atoms with Crippen LogP contribution in [0.3, 0.4) is 0 Å². The highest BCUT2D eigenvalue weighted by Gasteiger charge is 2.31. The lowest BCUT2D eigenvalue weighted by molar-refractivity contribution is -0.134. The molecule has 0 radical (unpaired) electrons. The second-order valence-electron chi connectivity index (χ2n) is 5.73. The third kappa shape index (κ3) is 3.99. The zero-order valence-electron chi connectivity index (χ0n) is 13.4. The smallest absolute Gasteiger partial charge is 0.237 e. The number of rotatable bonds is 6. The molecule has 2 aromatic heterocycles. The van der Waals surface area contributed by atoms with Crippen LogP contribution in [0.15, 0.2) is 23.0 Å². The molecule has 3 rings (SSSR count). The molecule has 0 aromatic carbocycles. The Morgan fingerprint density at radius 3 is 3.12 bits per heavy atom. The molecule has 0 spiro atoms. The van der Waals surface area contributed by atoms with Crippen LogP contribution in [-0.4, -0.2) is 51.0 Å². The van der Waals surface area contributed by atoms with Gasteiger partial charge in [-0.1, -0.05) is 0 Å². The summed E-state index contributed by atoms with van der Waals surface area (Å²) in [5.41, 5.74) is 0.978. The van der Waals surface area contributed by atoms with E-state index in [0.717, 1.165) is 5.56 Å². The molecule has 3 heterocycles. The first-order valence-corrected chi connectivity index (χ1v) is 7.79. The van der Waals surface area contributed by atoms with Crippen LogP contribution in [0.5, 0.6) is 0 Å². The van der Waals surface area contributed by atoms with E-state index in [2.05, 4.69) is 25.8 Å². The number of nitrogens with one attached hydrogen (secondary N) is 3. The summed E-state index contributed by atoms with van der Waals surface area (Å²) in [5.74, 6) is 0.867. The molecule has 1 aliphatic rings. The van der Waals surface area contributed by atoms with Crippen LogP contribution in [-0.2, 0) is 22.7 Å². The summed E-state index contributed by atoms with van der Waals surface area (Å²) in [5, 5.41) is 12.2. The Labute approximate surface area is 138 Å². The van der Waals surface area contributed by atoms with Gasteiger partial charge in [0.1, 0.15) is 5.82 Å². The summed E-state index contributed by atoms with van der Waals surface area (Å²) in [6.45, 7) is 3.86. The average molecular weight is 332 g/mol. The second kappa shape index (κ2) is 7.26. The first-order valence-electron chi connectivity index (χ1n) is 7.79. The van der Waals surface area contributed by atoms with E-state index >= 15 is 0 Å². The molecule has 2 amide bonds. The monoisotopic (exact) mass is 332 g/mol. The minimum absolute atomic E-state index is 0.0904. The number of carbonyl (C=O) groups excluding carboxylic acids is 2. The van der Waals surface area contributed by atoms with E-state index in [1.807, 2.05) is 11.0 Å². The van der Waals surface area contributed by atoms with Crippen LogP contribution in [0.1, 0.15) is 23.6 Å². The summed E-state index contributed by atoms with van der Waals surface area (Å²) < 4.78 is 5.07. The number of hydrogen-bond acceptors (Lipinski definition) is 6. The van der Waals surface area contributed by atoms with Crippen molar-refractivity contribution >= 4 is 11.8 Å². The van der Waals surface area contributed by atoms with Crippen LogP contribution in [0, 0.1) is 6.92 Å². The SMILES string of the molecule is Cc1nc(CNC(=O)CC2C(=O)NCCN2Cc2ccoc2)n[nH]1. The van der Waals surface area contributed by atoms with Crippen molar-refractivity contribution in [1.29, 1.82) is 0 Å². The van der Waals surface area contributed by atoms with E-state index in [1.165, 1.54) is 0 Å². The molecule has 24 heavy (non-hydrogen) atoms. The molecule has 0 saturated carbocycles. The van der Waals surface area contributed by atoms with Gasteiger partial charge in [0.2, 0.25) is 11.8 Å². The zero-order chi connectivity index (χ0) is 16.9. The van der Waals surface area contributed by atoms with Gasteiger partial charge in [0, 0.05) is 25.2 Å². The van der Waals surface area contributed by atoms with Crippen molar-refractivity contribution in [1.82, 2.24) is 30.7 Å². The molecule has 1 saturated heterocycles. The largest absolute Gasteiger partial charge is 0.472 e. The van der Waals surface area contributed by atoms with Crippen molar-refractivity contribution in [2.45, 2.75) is 32.5 Å². The van der Waals surface area contributed by atoms with Gasteiger partial charge in [-0.25, -0.2) is 4.98 Å². The Balaban J connectivity index is 1.57. The van der Waals surface area contributed by atoms with Gasteiger partial charge in [0.15, 0.2) is 5.82 Å². The molecule has 128 valence electrons. The number of H-pyrrole nitrogens is 1. The third-order valence-corrected chi connectivity index (χ3v) is 3.87. The fraction of sp³-hybridized carbons (Fsp3) is 0.467. The van der Waals surface area contributed by atoms with Crippen LogP contribution < -0.4 is 10.6 Å². The van der Waals surface area contributed by atoms with Gasteiger partial charge in [0.05, 0.1) is 31.5 Å². The van der Waals surface area contributed by atoms with Crippen LogP contribution >= 0.6 is 0 Å². The molecule has 9 nitrogen and oxygen atoms in total. The fourth-order valence-corrected chi connectivity index (χ4v) is 2.68. The average Bonchev–Trinajstić information content (AvgIpc) is 3.20. The highest BCUT2D eigenvalue weighted by molar-refractivity contribution is 5.88. The van der Waals surface area contributed by atoms with E-state index < -0.39 is 6.04 Å². The normalized spacial score (nSPS) is 18.4. The first kappa shape index (κ1) is 16.2. The Kier molecular flexibility index (Phi) is 4.90. The maximum atomic E-state index is 12.2. The highest BCUT2D eigenvalue weighted by Crippen LogP contribution is 2.14. The van der Waals surface area contributed by atoms with Crippen molar-refractivity contribution in [3.8, 4) is 0 Å². The zero-order valence-corrected chi connectivity index (χ0v) is 13.4. The molecular weight excluding hydrogens is 312 g/mol. The minimum atomic E-state index is -0.498. The Morgan fingerprint density at radius 1 is 1.54 bits per heavy atom. The van der Waals surface area contributed by atoms with E-state index in [1.54, 1.807) is 19.5 Å². The number of hydrogen-bond donors (Lipinski definition) is 3. The van der Waals surface area contributed by atoms with Gasteiger partial charge in [-0.05, 0) is 13.0 Å². The number of furan rings is 1. The number of amides is 2. The van der Waals surface area contributed by atoms with Crippen LogP contribution in [0.25, 0.3) is 0 Å². The van der Waals surface area contributed by atoms with Gasteiger partial charge in [-0.2, -0.15) is 5.10 Å². The summed E-state index contributed by atoms with van der Waals surface area (Å²) in [4.78, 5) is 30.5. The van der Waals surface area contributed by atoms with Crippen molar-refractivity contribution in [3.05, 3.63) is 35.8 Å². The number of nitrogens with zero attached hydrogens (tertiary/aromatic N) is 3. The highest BCUT2D eigenvalue weighted by atomic mass is 16.3. The molecule has 0 aliphatic carbocycles. The quantitative estimate of drug-likeness (QED) is 0.669. The van der Waals surface area contributed by atoms with E-state index in [0.29, 0.717) is 31.3 Å². The summed E-state index contributed by atoms with van der Waals surface area (Å²) >= 11 is 0. The molecule has 2 aromatic rings. The van der Waals surface area contributed by atoms with Gasteiger partial charge >= 0.3 is 0 Å². The molecule has 1 aliphatic heterocycles. The Morgan fingerprint density at radius 2 is 2.42 bits per heavy atom. The molecule has 1 unspecified atom stereocenters. The first-order chi connectivity index (χ1) is 11.6. The summed E-state index contributed by atoms with van der Waals surface area (Å²) in [6.07, 6.45) is 3.34. The maximum Gasteiger partial charge on any atom is 0.237 e. The van der Waals surface area contributed by atoms with Crippen molar-refractivity contribution in [2.24, 2.45) is 0 Å². The lowest BCUT2D eigenvalue weighted by Gasteiger charge is -2.34. The molecule has 9 heteroatoms. The van der Waals surface area contributed by atoms with Crippen LogP contribution in [0.4, 0.5) is 0 Å². The predicted octanol–water partition coefficient (Wildman–Crippen LogP) is -0.287. The van der Waals surface area contributed by atoms with Gasteiger partial charge in [0.25, 0.3) is 0 Å². The number of aromatic amines is 1. The molecule has 3 N–H and O–H groups in total. The number of piperazine rings is 1. The molecule has 1 atom stereocenters. The van der Waals surface area contributed by atoms with Crippen LogP contribution in [0.2, 0.25) is 0 Å². The predicted molar refractivity (Wildman–Crippen MR) is 83.5 cm³/mol. The standard InChI is InChI=1S/C15H20N6O3/c1-10-18-13(20-19-10)7-17-14(22)6-12-15(23)16-3-4-21(12)8-11-2-5-24-9-11/h2,5,9,12H,3-4,6-8H2,1H3,(H,16,23)(H,17,22)(H,18,19,20). The van der Waals surface area contributed by atoms with E-state index in [4.69, 9.17) is 4.42 Å². The van der Waals surface area contributed by atoms with Gasteiger partial charge < -0.3 is 15.1 Å². The Bertz CT molecular complexity index is 696. The lowest BCUT2D eigenvalue weighted by Crippen LogP contribution is -2.56. The van der Waals surface area contributed by atoms with Crippen molar-refractivity contribution in [3.63, 3.8) is 0 Å². The molecular formula is C15H20N6O3. The molecule has 0 bridgehead atoms. The topological polar surface area (TPSA) is 116 Å². The fourth-order valence-electron chi connectivity index (χ4n) is 2.68.